The summed E-state index contributed by atoms with van der Waals surface area (Å²) in [6.07, 6.45) is 4.53. The van der Waals surface area contributed by atoms with E-state index in [0.717, 1.165) is 115 Å². The maximum atomic E-state index is 5.44. The fraction of sp³-hybridized carbons (Fsp3) is 0.182. The molecule has 1 fully saturated rings. The summed E-state index contributed by atoms with van der Waals surface area (Å²) < 4.78 is 0. The van der Waals surface area contributed by atoms with E-state index < -0.39 is 0 Å². The number of rotatable bonds is 5. The van der Waals surface area contributed by atoms with Crippen LogP contribution in [0.25, 0.3) is 54.5 Å². The number of para-hydroxylation sites is 5. The lowest BCUT2D eigenvalue weighted by Crippen LogP contribution is -2.21. The van der Waals surface area contributed by atoms with Gasteiger partial charge in [-0.2, -0.15) is 0 Å². The van der Waals surface area contributed by atoms with Crippen molar-refractivity contribution in [3.8, 4) is 0 Å². The van der Waals surface area contributed by atoms with E-state index in [1.165, 1.54) is 0 Å². The van der Waals surface area contributed by atoms with E-state index in [2.05, 4.69) is 182 Å². The Labute approximate surface area is 350 Å². The largest absolute Gasteiger partial charge is 0.253 e. The summed E-state index contributed by atoms with van der Waals surface area (Å²) in [4.78, 5) is 27.2. The SMILES string of the molecule is c1ccc2nc(C3CC(c4ccc5ccccc5n4)CC(c4ccc5ccccc5n4)CC(c4ccc5ccccc5n4)CC(c4ccc5ccccc5n4)C3)ccc2c1. The number of hydrogen-bond donors (Lipinski definition) is 0. The van der Waals surface area contributed by atoms with Crippen LogP contribution >= 0.6 is 0 Å². The molecule has 1 saturated carbocycles. The zero-order valence-corrected chi connectivity index (χ0v) is 33.5. The van der Waals surface area contributed by atoms with Gasteiger partial charge in [0.25, 0.3) is 0 Å². The van der Waals surface area contributed by atoms with Gasteiger partial charge < -0.3 is 0 Å². The molecule has 60 heavy (non-hydrogen) atoms. The van der Waals surface area contributed by atoms with Gasteiger partial charge >= 0.3 is 0 Å². The Hall–Kier alpha value is -6.85. The Morgan fingerprint density at radius 2 is 0.400 bits per heavy atom. The molecule has 0 N–H and O–H groups in total. The predicted octanol–water partition coefficient (Wildman–Crippen LogP) is 13.6. The molecule has 1 aliphatic carbocycles. The van der Waals surface area contributed by atoms with Crippen LogP contribution in [-0.4, -0.2) is 24.9 Å². The van der Waals surface area contributed by atoms with E-state index in [1.54, 1.807) is 0 Å². The van der Waals surface area contributed by atoms with Gasteiger partial charge in [-0.3, -0.25) is 24.9 Å². The molecule has 0 atom stereocenters. The van der Waals surface area contributed by atoms with E-state index in [0.29, 0.717) is 0 Å². The summed E-state index contributed by atoms with van der Waals surface area (Å²) in [5, 5.41) is 5.79. The van der Waals surface area contributed by atoms with Crippen molar-refractivity contribution >= 4 is 54.5 Å². The topological polar surface area (TPSA) is 64.5 Å². The molecule has 0 bridgehead atoms. The standard InChI is InChI=1S/C55H45N5/c1-6-16-46-36(11-1)21-26-51(56-46)41-31-42(52-27-22-37-12-2-7-17-47(37)57-52)33-44(54-29-24-39-14-4-9-19-49(39)59-54)35-45(55-30-25-40-15-5-10-20-50(40)60-55)34-43(32-41)53-28-23-38-13-3-8-18-48(38)58-53/h1-30,41-45H,31-35H2. The van der Waals surface area contributed by atoms with Crippen LogP contribution in [0.15, 0.2) is 182 Å². The van der Waals surface area contributed by atoms with E-state index in [9.17, 15) is 0 Å². The molecule has 0 radical (unpaired) electrons. The highest BCUT2D eigenvalue weighted by atomic mass is 14.8. The average molecular weight is 776 g/mol. The van der Waals surface area contributed by atoms with Crippen LogP contribution in [0.5, 0.6) is 0 Å². The molecule has 0 spiro atoms. The second-order valence-electron chi connectivity index (χ2n) is 16.8. The summed E-state index contributed by atoms with van der Waals surface area (Å²) in [6, 6.07) is 65.1. The minimum Gasteiger partial charge on any atom is -0.253 e. The fourth-order valence-electron chi connectivity index (χ4n) is 9.95. The average Bonchev–Trinajstić information content (AvgIpc) is 3.31. The van der Waals surface area contributed by atoms with Gasteiger partial charge in [-0.15, -0.1) is 0 Å². The minimum atomic E-state index is 0.139. The van der Waals surface area contributed by atoms with Crippen LogP contribution in [0.3, 0.4) is 0 Å². The summed E-state index contributed by atoms with van der Waals surface area (Å²) in [5.74, 6) is 0.693. The van der Waals surface area contributed by atoms with Gasteiger partial charge in [0, 0.05) is 85.0 Å². The van der Waals surface area contributed by atoms with Crippen LogP contribution < -0.4 is 0 Å². The second-order valence-corrected chi connectivity index (χ2v) is 16.8. The lowest BCUT2D eigenvalue weighted by molar-refractivity contribution is 0.340. The van der Waals surface area contributed by atoms with Crippen molar-refractivity contribution in [2.75, 3.05) is 0 Å². The van der Waals surface area contributed by atoms with E-state index in [1.807, 2.05) is 0 Å². The number of pyridine rings is 5. The number of aromatic nitrogens is 5. The first kappa shape index (κ1) is 36.2. The Balaban J connectivity index is 1.12. The van der Waals surface area contributed by atoms with Crippen LogP contribution in [0, 0.1) is 0 Å². The lowest BCUT2D eigenvalue weighted by Gasteiger charge is -2.34. The van der Waals surface area contributed by atoms with Gasteiger partial charge in [-0.1, -0.05) is 121 Å². The van der Waals surface area contributed by atoms with Gasteiger partial charge in [0.05, 0.1) is 27.6 Å². The fourth-order valence-corrected chi connectivity index (χ4v) is 9.95. The number of benzene rings is 5. The normalized spacial score (nSPS) is 20.2. The first-order chi connectivity index (χ1) is 29.7. The highest BCUT2D eigenvalue weighted by Crippen LogP contribution is 2.48. The Morgan fingerprint density at radius 3 is 0.600 bits per heavy atom. The molecule has 0 aliphatic heterocycles. The molecule has 0 unspecified atom stereocenters. The molecular weight excluding hydrogens is 731 g/mol. The monoisotopic (exact) mass is 775 g/mol. The van der Waals surface area contributed by atoms with Crippen LogP contribution in [-0.2, 0) is 0 Å². The van der Waals surface area contributed by atoms with E-state index in [-0.39, 0.29) is 29.6 Å². The molecule has 0 saturated heterocycles. The molecule has 5 heterocycles. The smallest absolute Gasteiger partial charge is 0.0705 e. The van der Waals surface area contributed by atoms with Crippen molar-refractivity contribution in [1.29, 1.82) is 0 Å². The third kappa shape index (κ3) is 7.26. The summed E-state index contributed by atoms with van der Waals surface area (Å²) in [6.45, 7) is 0. The molecule has 5 nitrogen and oxygen atoms in total. The van der Waals surface area contributed by atoms with Crippen molar-refractivity contribution in [1.82, 2.24) is 24.9 Å². The third-order valence-electron chi connectivity index (χ3n) is 13.0. The van der Waals surface area contributed by atoms with Crippen LogP contribution in [0.4, 0.5) is 0 Å². The van der Waals surface area contributed by atoms with Gasteiger partial charge in [0.2, 0.25) is 0 Å². The van der Waals surface area contributed by atoms with E-state index >= 15 is 0 Å². The van der Waals surface area contributed by atoms with Crippen LogP contribution in [0.2, 0.25) is 0 Å². The summed E-state index contributed by atoms with van der Waals surface area (Å²) in [7, 11) is 0. The number of hydrogen-bond acceptors (Lipinski definition) is 5. The van der Waals surface area contributed by atoms with Gasteiger partial charge in [-0.25, -0.2) is 0 Å². The Kier molecular flexibility index (Phi) is 9.50. The molecule has 5 aromatic carbocycles. The maximum Gasteiger partial charge on any atom is 0.0705 e. The predicted molar refractivity (Wildman–Crippen MR) is 246 cm³/mol. The van der Waals surface area contributed by atoms with Crippen LogP contribution in [0.1, 0.15) is 90.2 Å². The molecule has 5 heteroatoms. The van der Waals surface area contributed by atoms with Crippen molar-refractivity contribution in [3.63, 3.8) is 0 Å². The van der Waals surface area contributed by atoms with Crippen molar-refractivity contribution in [3.05, 3.63) is 210 Å². The zero-order valence-electron chi connectivity index (χ0n) is 33.5. The van der Waals surface area contributed by atoms with Gasteiger partial charge in [-0.05, 0) is 92.8 Å². The Morgan fingerprint density at radius 1 is 0.217 bits per heavy atom. The van der Waals surface area contributed by atoms with Crippen molar-refractivity contribution in [2.45, 2.75) is 61.7 Å². The van der Waals surface area contributed by atoms with Gasteiger partial charge in [0.15, 0.2) is 0 Å². The maximum absolute atomic E-state index is 5.44. The Bertz CT molecular complexity index is 2650. The third-order valence-corrected chi connectivity index (χ3v) is 13.0. The molecule has 1 aliphatic rings. The molecule has 11 rings (SSSR count). The summed E-state index contributed by atoms with van der Waals surface area (Å²) in [5.41, 5.74) is 10.8. The summed E-state index contributed by atoms with van der Waals surface area (Å²) >= 11 is 0. The number of nitrogens with zero attached hydrogens (tertiary/aromatic N) is 5. The first-order valence-corrected chi connectivity index (χ1v) is 21.5. The highest BCUT2D eigenvalue weighted by Gasteiger charge is 2.35. The molecular formula is C55H45N5. The number of fused-ring (bicyclic) bond motifs is 5. The molecule has 0 amide bonds. The van der Waals surface area contributed by atoms with Gasteiger partial charge in [0.1, 0.15) is 0 Å². The second kappa shape index (κ2) is 15.7. The molecule has 5 aromatic heterocycles. The first-order valence-electron chi connectivity index (χ1n) is 21.5. The van der Waals surface area contributed by atoms with Crippen molar-refractivity contribution in [2.24, 2.45) is 0 Å². The minimum absolute atomic E-state index is 0.139. The molecule has 10 aromatic rings. The highest BCUT2D eigenvalue weighted by molar-refractivity contribution is 5.81. The zero-order chi connectivity index (χ0) is 39.8. The lowest BCUT2D eigenvalue weighted by atomic mass is 9.71. The van der Waals surface area contributed by atoms with Crippen molar-refractivity contribution < 1.29 is 0 Å². The van der Waals surface area contributed by atoms with E-state index in [4.69, 9.17) is 24.9 Å². The quantitative estimate of drug-likeness (QED) is 0.174. The molecule has 290 valence electrons.